The quantitative estimate of drug-likeness (QED) is 0.739. The summed E-state index contributed by atoms with van der Waals surface area (Å²) in [5.74, 6) is -0.669. The minimum Gasteiger partial charge on any atom is -0.496 e. The smallest absolute Gasteiger partial charge is 0.321 e. The molecule has 0 saturated heterocycles. The molecule has 0 aliphatic rings. The van der Waals surface area contributed by atoms with E-state index in [9.17, 15) is 14.4 Å². The third kappa shape index (κ3) is 6.82. The van der Waals surface area contributed by atoms with Crippen LogP contribution < -0.4 is 15.4 Å². The van der Waals surface area contributed by atoms with E-state index in [2.05, 4.69) is 10.6 Å². The second kappa shape index (κ2) is 9.45. The van der Waals surface area contributed by atoms with Gasteiger partial charge in [-0.1, -0.05) is 24.6 Å². The lowest BCUT2D eigenvalue weighted by Crippen LogP contribution is -2.41. The highest BCUT2D eigenvalue weighted by Gasteiger charge is 2.13. The number of imide groups is 1. The van der Waals surface area contributed by atoms with Crippen molar-refractivity contribution >= 4 is 17.9 Å². The van der Waals surface area contributed by atoms with Crippen LogP contribution in [0.4, 0.5) is 4.79 Å². The number of amides is 3. The Morgan fingerprint density at radius 2 is 1.96 bits per heavy atom. The molecule has 1 aromatic carbocycles. The predicted molar refractivity (Wildman–Crippen MR) is 84.2 cm³/mol. The maximum Gasteiger partial charge on any atom is 0.321 e. The zero-order chi connectivity index (χ0) is 17.2. The molecule has 0 radical (unpaired) electrons. The number of urea groups is 1. The Labute approximate surface area is 135 Å². The van der Waals surface area contributed by atoms with Crippen LogP contribution in [0.1, 0.15) is 24.5 Å². The zero-order valence-corrected chi connectivity index (χ0v) is 13.6. The van der Waals surface area contributed by atoms with Gasteiger partial charge in [0.15, 0.2) is 6.61 Å². The van der Waals surface area contributed by atoms with Crippen molar-refractivity contribution in [3.8, 4) is 5.75 Å². The molecule has 0 aromatic heterocycles. The average Bonchev–Trinajstić information content (AvgIpc) is 2.51. The van der Waals surface area contributed by atoms with Crippen LogP contribution in [-0.4, -0.2) is 38.2 Å². The maximum absolute atomic E-state index is 11.8. The monoisotopic (exact) mass is 322 g/mol. The van der Waals surface area contributed by atoms with Crippen LogP contribution in [0.3, 0.4) is 0 Å². The number of carbonyl (C=O) groups excluding carboxylic acids is 3. The number of carbonyl (C=O) groups is 3. The van der Waals surface area contributed by atoms with Gasteiger partial charge in [-0.25, -0.2) is 4.79 Å². The Kier molecular flexibility index (Phi) is 7.59. The molecule has 0 unspecified atom stereocenters. The highest BCUT2D eigenvalue weighted by Crippen LogP contribution is 2.20. The molecule has 7 heteroatoms. The topological polar surface area (TPSA) is 93.7 Å². The zero-order valence-electron chi connectivity index (χ0n) is 13.6. The molecule has 1 rings (SSSR count). The minimum atomic E-state index is -0.678. The summed E-state index contributed by atoms with van der Waals surface area (Å²) in [5.41, 5.74) is 1.66. The lowest BCUT2D eigenvalue weighted by atomic mass is 10.1. The van der Waals surface area contributed by atoms with Crippen LogP contribution >= 0.6 is 0 Å². The third-order valence-corrected chi connectivity index (χ3v) is 2.92. The van der Waals surface area contributed by atoms with Crippen LogP contribution in [0.15, 0.2) is 18.2 Å². The summed E-state index contributed by atoms with van der Waals surface area (Å²) in [7, 11) is 1.52. The molecule has 0 bridgehead atoms. The van der Waals surface area contributed by atoms with Gasteiger partial charge >= 0.3 is 12.0 Å². The Morgan fingerprint density at radius 3 is 2.61 bits per heavy atom. The van der Waals surface area contributed by atoms with Crippen molar-refractivity contribution in [1.29, 1.82) is 0 Å². The number of aryl methyl sites for hydroxylation is 1. The standard InChI is InChI=1S/C16H22N2O5/c1-4-7-17-16(21)18-14(19)10-23-15(20)9-12-8-11(2)5-6-13(12)22-3/h5-6,8H,4,7,9-10H2,1-3H3,(H2,17,18,19,21). The van der Waals surface area contributed by atoms with Crippen molar-refractivity contribution in [3.05, 3.63) is 29.3 Å². The van der Waals surface area contributed by atoms with Crippen LogP contribution in [0.2, 0.25) is 0 Å². The fourth-order valence-corrected chi connectivity index (χ4v) is 1.84. The van der Waals surface area contributed by atoms with Crippen LogP contribution in [0, 0.1) is 6.92 Å². The van der Waals surface area contributed by atoms with E-state index in [-0.39, 0.29) is 6.42 Å². The summed E-state index contributed by atoms with van der Waals surface area (Å²) in [5, 5.41) is 4.56. The van der Waals surface area contributed by atoms with E-state index in [1.165, 1.54) is 7.11 Å². The summed E-state index contributed by atoms with van der Waals surface area (Å²) in [6, 6.07) is 4.85. The second-order valence-corrected chi connectivity index (χ2v) is 4.96. The molecule has 2 N–H and O–H groups in total. The third-order valence-electron chi connectivity index (χ3n) is 2.92. The SMILES string of the molecule is CCCNC(=O)NC(=O)COC(=O)Cc1cc(C)ccc1OC. The first-order valence-corrected chi connectivity index (χ1v) is 7.33. The van der Waals surface area contributed by atoms with E-state index in [4.69, 9.17) is 9.47 Å². The van der Waals surface area contributed by atoms with Gasteiger partial charge in [0.25, 0.3) is 5.91 Å². The molecule has 126 valence electrons. The van der Waals surface area contributed by atoms with Crippen molar-refractivity contribution in [3.63, 3.8) is 0 Å². The number of hydrogen-bond acceptors (Lipinski definition) is 5. The Balaban J connectivity index is 2.44. The predicted octanol–water partition coefficient (Wildman–Crippen LogP) is 1.33. The Hall–Kier alpha value is -2.57. The summed E-state index contributed by atoms with van der Waals surface area (Å²) < 4.78 is 10.0. The first kappa shape index (κ1) is 18.5. The van der Waals surface area contributed by atoms with Crippen molar-refractivity contribution in [2.45, 2.75) is 26.7 Å². The number of methoxy groups -OCH3 is 1. The molecule has 0 atom stereocenters. The molecule has 23 heavy (non-hydrogen) atoms. The molecule has 0 fully saturated rings. The number of ether oxygens (including phenoxy) is 2. The fourth-order valence-electron chi connectivity index (χ4n) is 1.84. The first-order chi connectivity index (χ1) is 11.0. The Morgan fingerprint density at radius 1 is 1.22 bits per heavy atom. The first-order valence-electron chi connectivity index (χ1n) is 7.33. The van der Waals surface area contributed by atoms with Gasteiger partial charge in [0, 0.05) is 12.1 Å². The van der Waals surface area contributed by atoms with E-state index in [1.54, 1.807) is 6.07 Å². The molecule has 3 amide bonds. The van der Waals surface area contributed by atoms with Gasteiger partial charge in [-0.05, 0) is 19.4 Å². The van der Waals surface area contributed by atoms with Crippen molar-refractivity contribution in [1.82, 2.24) is 10.6 Å². The van der Waals surface area contributed by atoms with Gasteiger partial charge in [0.1, 0.15) is 5.75 Å². The lowest BCUT2D eigenvalue weighted by Gasteiger charge is -2.10. The molecule has 0 aliphatic heterocycles. The summed E-state index contributed by atoms with van der Waals surface area (Å²) in [6.45, 7) is 3.75. The lowest BCUT2D eigenvalue weighted by molar-refractivity contribution is -0.147. The van der Waals surface area contributed by atoms with Gasteiger partial charge in [-0.3, -0.25) is 14.9 Å². The van der Waals surface area contributed by atoms with Crippen LogP contribution in [0.5, 0.6) is 5.75 Å². The van der Waals surface area contributed by atoms with Crippen molar-refractivity contribution in [2.75, 3.05) is 20.3 Å². The highest BCUT2D eigenvalue weighted by molar-refractivity contribution is 5.95. The summed E-state index contributed by atoms with van der Waals surface area (Å²) >= 11 is 0. The van der Waals surface area contributed by atoms with E-state index in [1.807, 2.05) is 26.0 Å². The summed E-state index contributed by atoms with van der Waals surface area (Å²) in [4.78, 5) is 34.5. The van der Waals surface area contributed by atoms with E-state index < -0.39 is 24.5 Å². The van der Waals surface area contributed by atoms with Gasteiger partial charge in [-0.15, -0.1) is 0 Å². The van der Waals surface area contributed by atoms with Crippen molar-refractivity contribution < 1.29 is 23.9 Å². The number of hydrogen-bond donors (Lipinski definition) is 2. The Bertz CT molecular complexity index is 572. The van der Waals surface area contributed by atoms with Gasteiger partial charge in [0.2, 0.25) is 0 Å². The van der Waals surface area contributed by atoms with Gasteiger partial charge in [0.05, 0.1) is 13.5 Å². The van der Waals surface area contributed by atoms with Crippen LogP contribution in [-0.2, 0) is 20.7 Å². The van der Waals surface area contributed by atoms with Crippen molar-refractivity contribution in [2.24, 2.45) is 0 Å². The second-order valence-electron chi connectivity index (χ2n) is 4.96. The number of nitrogens with one attached hydrogen (secondary N) is 2. The maximum atomic E-state index is 11.8. The van der Waals surface area contributed by atoms with Crippen LogP contribution in [0.25, 0.3) is 0 Å². The molecular formula is C16H22N2O5. The molecule has 7 nitrogen and oxygen atoms in total. The van der Waals surface area contributed by atoms with E-state index >= 15 is 0 Å². The van der Waals surface area contributed by atoms with Gasteiger partial charge in [-0.2, -0.15) is 0 Å². The fraction of sp³-hybridized carbons (Fsp3) is 0.438. The molecule has 1 aromatic rings. The average molecular weight is 322 g/mol. The summed E-state index contributed by atoms with van der Waals surface area (Å²) in [6.07, 6.45) is 0.745. The molecule has 0 heterocycles. The molecule has 0 spiro atoms. The molecular weight excluding hydrogens is 300 g/mol. The van der Waals surface area contributed by atoms with E-state index in [0.717, 1.165) is 12.0 Å². The molecule has 0 aliphatic carbocycles. The number of benzene rings is 1. The number of rotatable bonds is 7. The van der Waals surface area contributed by atoms with E-state index in [0.29, 0.717) is 17.9 Å². The highest BCUT2D eigenvalue weighted by atomic mass is 16.5. The van der Waals surface area contributed by atoms with Gasteiger partial charge < -0.3 is 14.8 Å². The molecule has 0 saturated carbocycles. The minimum absolute atomic E-state index is 0.0137. The normalized spacial score (nSPS) is 9.87. The largest absolute Gasteiger partial charge is 0.496 e. The number of esters is 1.